The fourth-order valence-corrected chi connectivity index (χ4v) is 2.20. The molecule has 7 heteroatoms. The van der Waals surface area contributed by atoms with Crippen LogP contribution in [0.3, 0.4) is 0 Å². The van der Waals surface area contributed by atoms with Gasteiger partial charge < -0.3 is 14.5 Å². The highest BCUT2D eigenvalue weighted by molar-refractivity contribution is 5.40. The lowest BCUT2D eigenvalue weighted by molar-refractivity contribution is -0.141. The zero-order valence-corrected chi connectivity index (χ0v) is 11.5. The molecular formula is C13H18F3N3O. The quantitative estimate of drug-likeness (QED) is 0.849. The van der Waals surface area contributed by atoms with Crippen molar-refractivity contribution in [2.75, 3.05) is 45.2 Å². The molecule has 0 saturated carbocycles. The van der Waals surface area contributed by atoms with Gasteiger partial charge in [-0.2, -0.15) is 13.2 Å². The van der Waals surface area contributed by atoms with E-state index in [4.69, 9.17) is 4.74 Å². The Balaban J connectivity index is 2.11. The summed E-state index contributed by atoms with van der Waals surface area (Å²) in [5.74, 6) is 0.354. The van der Waals surface area contributed by atoms with Crippen molar-refractivity contribution in [1.82, 2.24) is 9.88 Å². The maximum atomic E-state index is 12.7. The van der Waals surface area contributed by atoms with E-state index in [9.17, 15) is 13.2 Å². The maximum absolute atomic E-state index is 12.7. The number of ether oxygens (including phenoxy) is 1. The molecule has 1 aliphatic heterocycles. The van der Waals surface area contributed by atoms with Crippen LogP contribution in [-0.2, 0) is 10.9 Å². The van der Waals surface area contributed by atoms with Crippen molar-refractivity contribution >= 4 is 5.82 Å². The van der Waals surface area contributed by atoms with E-state index in [1.165, 1.54) is 6.07 Å². The molecule has 4 nitrogen and oxygen atoms in total. The minimum absolute atomic E-state index is 0.0184. The lowest BCUT2D eigenvalue weighted by Gasteiger charge is -2.35. The van der Waals surface area contributed by atoms with Crippen LogP contribution in [0.15, 0.2) is 18.2 Å². The SMILES string of the molecule is CN(C)CC1CN(c2cccc(C(F)(F)F)n2)CCO1. The molecule has 1 aromatic heterocycles. The van der Waals surface area contributed by atoms with E-state index in [2.05, 4.69) is 4.98 Å². The second-order valence-corrected chi connectivity index (χ2v) is 5.08. The first-order chi connectivity index (χ1) is 9.36. The van der Waals surface area contributed by atoms with E-state index >= 15 is 0 Å². The lowest BCUT2D eigenvalue weighted by atomic mass is 10.2. The van der Waals surface area contributed by atoms with Gasteiger partial charge in [-0.05, 0) is 26.2 Å². The van der Waals surface area contributed by atoms with Crippen LogP contribution in [0, 0.1) is 0 Å². The summed E-state index contributed by atoms with van der Waals surface area (Å²) in [6, 6.07) is 3.98. The predicted molar refractivity (Wildman–Crippen MR) is 69.7 cm³/mol. The highest BCUT2D eigenvalue weighted by Gasteiger charge is 2.33. The molecule has 0 radical (unpaired) electrons. The zero-order valence-electron chi connectivity index (χ0n) is 11.5. The average Bonchev–Trinajstić information content (AvgIpc) is 2.37. The number of aromatic nitrogens is 1. The molecule has 1 unspecified atom stereocenters. The normalized spacial score (nSPS) is 20.5. The second-order valence-electron chi connectivity index (χ2n) is 5.08. The molecule has 1 aliphatic rings. The van der Waals surface area contributed by atoms with Gasteiger partial charge in [-0.1, -0.05) is 6.07 Å². The highest BCUT2D eigenvalue weighted by atomic mass is 19.4. The van der Waals surface area contributed by atoms with Crippen molar-refractivity contribution in [3.8, 4) is 0 Å². The molecule has 0 bridgehead atoms. The Kier molecular flexibility index (Phi) is 4.49. The Morgan fingerprint density at radius 3 is 2.80 bits per heavy atom. The minimum Gasteiger partial charge on any atom is -0.373 e. The van der Waals surface area contributed by atoms with E-state index < -0.39 is 11.9 Å². The Morgan fingerprint density at radius 2 is 2.15 bits per heavy atom. The van der Waals surface area contributed by atoms with Gasteiger partial charge in [-0.3, -0.25) is 0 Å². The highest BCUT2D eigenvalue weighted by Crippen LogP contribution is 2.29. The topological polar surface area (TPSA) is 28.6 Å². The summed E-state index contributed by atoms with van der Waals surface area (Å²) in [6.07, 6.45) is -4.43. The Morgan fingerprint density at radius 1 is 1.40 bits per heavy atom. The molecule has 1 atom stereocenters. The first-order valence-corrected chi connectivity index (χ1v) is 6.42. The fraction of sp³-hybridized carbons (Fsp3) is 0.615. The molecule has 0 amide bonds. The smallest absolute Gasteiger partial charge is 0.373 e. The molecule has 0 spiro atoms. The number of morpholine rings is 1. The number of hydrogen-bond acceptors (Lipinski definition) is 4. The van der Waals surface area contributed by atoms with E-state index in [1.54, 1.807) is 6.07 Å². The van der Waals surface area contributed by atoms with Crippen LogP contribution >= 0.6 is 0 Å². The second kappa shape index (κ2) is 5.97. The third kappa shape index (κ3) is 3.83. The molecule has 112 valence electrons. The third-order valence-electron chi connectivity index (χ3n) is 3.06. The number of rotatable bonds is 3. The third-order valence-corrected chi connectivity index (χ3v) is 3.06. The van der Waals surface area contributed by atoms with Crippen molar-refractivity contribution in [3.05, 3.63) is 23.9 Å². The maximum Gasteiger partial charge on any atom is 0.433 e. The summed E-state index contributed by atoms with van der Waals surface area (Å²) in [4.78, 5) is 7.55. The molecule has 0 N–H and O–H groups in total. The number of anilines is 1. The van der Waals surface area contributed by atoms with Gasteiger partial charge in [0.2, 0.25) is 0 Å². The molecule has 0 aliphatic carbocycles. The molecule has 1 fully saturated rings. The van der Waals surface area contributed by atoms with Gasteiger partial charge in [0.1, 0.15) is 11.5 Å². The Bertz CT molecular complexity index is 451. The molecule has 2 heterocycles. The van der Waals surface area contributed by atoms with Gasteiger partial charge in [0.05, 0.1) is 12.7 Å². The fourth-order valence-electron chi connectivity index (χ4n) is 2.20. The van der Waals surface area contributed by atoms with Crippen LogP contribution in [0.5, 0.6) is 0 Å². The summed E-state index contributed by atoms with van der Waals surface area (Å²) in [5.41, 5.74) is -0.856. The van der Waals surface area contributed by atoms with Crippen molar-refractivity contribution in [3.63, 3.8) is 0 Å². The van der Waals surface area contributed by atoms with E-state index in [-0.39, 0.29) is 6.10 Å². The summed E-state index contributed by atoms with van der Waals surface area (Å²) in [6.45, 7) is 2.33. The van der Waals surface area contributed by atoms with Crippen LogP contribution in [0.2, 0.25) is 0 Å². The van der Waals surface area contributed by atoms with Crippen LogP contribution in [0.1, 0.15) is 5.69 Å². The molecule has 0 aromatic carbocycles. The zero-order chi connectivity index (χ0) is 14.8. The first kappa shape index (κ1) is 15.1. The average molecular weight is 289 g/mol. The molecular weight excluding hydrogens is 271 g/mol. The molecule has 2 rings (SSSR count). The van der Waals surface area contributed by atoms with Crippen LogP contribution < -0.4 is 4.90 Å². The van der Waals surface area contributed by atoms with Gasteiger partial charge in [0, 0.05) is 19.6 Å². The van der Waals surface area contributed by atoms with Gasteiger partial charge in [-0.15, -0.1) is 0 Å². The van der Waals surface area contributed by atoms with Gasteiger partial charge in [0.25, 0.3) is 0 Å². The Hall–Kier alpha value is -1.34. The number of likely N-dealkylation sites (N-methyl/N-ethyl adjacent to an activating group) is 1. The minimum atomic E-state index is -4.41. The number of nitrogens with zero attached hydrogens (tertiary/aromatic N) is 3. The summed E-state index contributed by atoms with van der Waals surface area (Å²) in [7, 11) is 3.87. The predicted octanol–water partition coefficient (Wildman–Crippen LogP) is 1.87. The van der Waals surface area contributed by atoms with Crippen molar-refractivity contribution in [1.29, 1.82) is 0 Å². The van der Waals surface area contributed by atoms with Gasteiger partial charge >= 0.3 is 6.18 Å². The van der Waals surface area contributed by atoms with E-state index in [1.807, 2.05) is 23.9 Å². The molecule has 1 saturated heterocycles. The van der Waals surface area contributed by atoms with Crippen molar-refractivity contribution in [2.24, 2.45) is 0 Å². The number of halogens is 3. The van der Waals surface area contributed by atoms with Crippen LogP contribution in [0.25, 0.3) is 0 Å². The van der Waals surface area contributed by atoms with Crippen molar-refractivity contribution in [2.45, 2.75) is 12.3 Å². The van der Waals surface area contributed by atoms with E-state index in [0.29, 0.717) is 25.5 Å². The number of alkyl halides is 3. The molecule has 1 aromatic rings. The summed E-state index contributed by atoms with van der Waals surface area (Å²) >= 11 is 0. The molecule has 20 heavy (non-hydrogen) atoms. The largest absolute Gasteiger partial charge is 0.433 e. The standard InChI is InChI=1S/C13H18F3N3O/c1-18(2)8-10-9-19(6-7-20-10)12-5-3-4-11(17-12)13(14,15)16/h3-5,10H,6-9H2,1-2H3. The Labute approximate surface area is 116 Å². The van der Waals surface area contributed by atoms with Crippen LogP contribution in [-0.4, -0.2) is 56.3 Å². The lowest BCUT2D eigenvalue weighted by Crippen LogP contribution is -2.46. The number of pyridine rings is 1. The monoisotopic (exact) mass is 289 g/mol. The van der Waals surface area contributed by atoms with Crippen LogP contribution in [0.4, 0.5) is 19.0 Å². The summed E-state index contributed by atoms with van der Waals surface area (Å²) in [5, 5.41) is 0. The van der Waals surface area contributed by atoms with Gasteiger partial charge in [-0.25, -0.2) is 4.98 Å². The van der Waals surface area contributed by atoms with Crippen molar-refractivity contribution < 1.29 is 17.9 Å². The summed E-state index contributed by atoms with van der Waals surface area (Å²) < 4.78 is 43.6. The van der Waals surface area contributed by atoms with E-state index in [0.717, 1.165) is 12.6 Å². The first-order valence-electron chi connectivity index (χ1n) is 6.42. The van der Waals surface area contributed by atoms with Gasteiger partial charge in [0.15, 0.2) is 0 Å². The number of hydrogen-bond donors (Lipinski definition) is 0.